The lowest BCUT2D eigenvalue weighted by molar-refractivity contribution is -0.949. The van der Waals surface area contributed by atoms with Crippen molar-refractivity contribution in [2.24, 2.45) is 5.92 Å². The first-order chi connectivity index (χ1) is 12.2. The van der Waals surface area contributed by atoms with E-state index in [9.17, 15) is 9.90 Å². The number of rotatable bonds is 3. The highest BCUT2D eigenvalue weighted by atomic mass is 32.1. The van der Waals surface area contributed by atoms with Crippen LogP contribution in [0.2, 0.25) is 0 Å². The average Bonchev–Trinajstić information content (AvgIpc) is 3.30. The van der Waals surface area contributed by atoms with Crippen LogP contribution in [0.5, 0.6) is 5.75 Å². The quantitative estimate of drug-likeness (QED) is 0.711. The average molecular weight is 354 g/mol. The fourth-order valence-corrected chi connectivity index (χ4v) is 5.23. The van der Waals surface area contributed by atoms with E-state index >= 15 is 0 Å². The van der Waals surface area contributed by atoms with Crippen molar-refractivity contribution in [1.82, 2.24) is 0 Å². The zero-order valence-corrected chi connectivity index (χ0v) is 14.6. The first-order valence-corrected chi connectivity index (χ1v) is 9.73. The second-order valence-corrected chi connectivity index (χ2v) is 8.22. The van der Waals surface area contributed by atoms with Gasteiger partial charge in [-0.3, -0.25) is 0 Å². The SMILES string of the molecule is O=c1cc(C[NH+]2CCc3sccc3[C@@H]2C2CC2)c2ccc(O)cc2o1. The van der Waals surface area contributed by atoms with Gasteiger partial charge in [0.1, 0.15) is 23.9 Å². The molecule has 0 radical (unpaired) electrons. The van der Waals surface area contributed by atoms with Gasteiger partial charge in [0.25, 0.3) is 0 Å². The van der Waals surface area contributed by atoms with Crippen molar-refractivity contribution in [3.8, 4) is 5.75 Å². The number of phenolic OH excluding ortho intramolecular Hbond substituents is 1. The van der Waals surface area contributed by atoms with Crippen molar-refractivity contribution in [3.05, 3.63) is 62.1 Å². The minimum absolute atomic E-state index is 0.122. The maximum Gasteiger partial charge on any atom is 0.336 e. The van der Waals surface area contributed by atoms with E-state index in [0.717, 1.165) is 36.4 Å². The van der Waals surface area contributed by atoms with Crippen LogP contribution in [-0.2, 0) is 13.0 Å². The zero-order chi connectivity index (χ0) is 17.0. The number of fused-ring (bicyclic) bond motifs is 2. The van der Waals surface area contributed by atoms with Gasteiger partial charge in [-0.1, -0.05) is 0 Å². The lowest BCUT2D eigenvalue weighted by atomic mass is 9.95. The molecule has 1 aromatic carbocycles. The van der Waals surface area contributed by atoms with E-state index in [1.165, 1.54) is 24.5 Å². The molecule has 1 saturated carbocycles. The Hall–Kier alpha value is -2.11. The molecule has 2 N–H and O–H groups in total. The molecule has 128 valence electrons. The van der Waals surface area contributed by atoms with E-state index in [2.05, 4.69) is 11.4 Å². The molecule has 2 aliphatic rings. The highest BCUT2D eigenvalue weighted by molar-refractivity contribution is 7.10. The molecular formula is C20H20NO3S+. The fourth-order valence-electron chi connectivity index (χ4n) is 4.30. The Morgan fingerprint density at radius 2 is 2.12 bits per heavy atom. The van der Waals surface area contributed by atoms with E-state index in [1.807, 2.05) is 17.4 Å². The standard InChI is InChI=1S/C20H19NO3S/c22-14-3-4-15-13(9-19(23)24-17(15)10-14)11-21-7-5-18-16(6-8-25-18)20(21)12-1-2-12/h3-4,6,8-10,12,20,22H,1-2,5,7,11H2/p+1/t20-/m0/s1. The Balaban J connectivity index is 1.55. The van der Waals surface area contributed by atoms with E-state index in [1.54, 1.807) is 21.9 Å². The van der Waals surface area contributed by atoms with Crippen molar-refractivity contribution >= 4 is 22.3 Å². The van der Waals surface area contributed by atoms with Gasteiger partial charge in [0.15, 0.2) is 0 Å². The van der Waals surface area contributed by atoms with Crippen molar-refractivity contribution in [2.75, 3.05) is 6.54 Å². The van der Waals surface area contributed by atoms with Gasteiger partial charge in [-0.05, 0) is 36.4 Å². The van der Waals surface area contributed by atoms with Gasteiger partial charge >= 0.3 is 5.63 Å². The number of phenols is 1. The van der Waals surface area contributed by atoms with Crippen molar-refractivity contribution in [3.63, 3.8) is 0 Å². The summed E-state index contributed by atoms with van der Waals surface area (Å²) in [7, 11) is 0. The predicted molar refractivity (Wildman–Crippen MR) is 97.2 cm³/mol. The number of hydrogen-bond acceptors (Lipinski definition) is 4. The molecule has 2 aromatic heterocycles. The Morgan fingerprint density at radius 3 is 2.96 bits per heavy atom. The van der Waals surface area contributed by atoms with Crippen molar-refractivity contribution in [1.29, 1.82) is 0 Å². The predicted octanol–water partition coefficient (Wildman–Crippen LogP) is 2.65. The number of aromatic hydroxyl groups is 1. The number of quaternary nitrogens is 1. The smallest absolute Gasteiger partial charge is 0.336 e. The molecule has 25 heavy (non-hydrogen) atoms. The van der Waals surface area contributed by atoms with Gasteiger partial charge in [0, 0.05) is 45.9 Å². The largest absolute Gasteiger partial charge is 0.508 e. The molecule has 0 amide bonds. The lowest BCUT2D eigenvalue weighted by Crippen LogP contribution is -3.12. The van der Waals surface area contributed by atoms with Gasteiger partial charge in [-0.15, -0.1) is 11.3 Å². The zero-order valence-electron chi connectivity index (χ0n) is 13.8. The second kappa shape index (κ2) is 5.71. The lowest BCUT2D eigenvalue weighted by Gasteiger charge is -2.33. The van der Waals surface area contributed by atoms with Crippen LogP contribution in [0.15, 0.2) is 44.9 Å². The molecule has 0 spiro atoms. The minimum Gasteiger partial charge on any atom is -0.508 e. The van der Waals surface area contributed by atoms with E-state index in [4.69, 9.17) is 4.42 Å². The highest BCUT2D eigenvalue weighted by Crippen LogP contribution is 2.42. The summed E-state index contributed by atoms with van der Waals surface area (Å²) in [6, 6.07) is 9.52. The van der Waals surface area contributed by atoms with Crippen LogP contribution in [-0.4, -0.2) is 11.7 Å². The van der Waals surface area contributed by atoms with Crippen LogP contribution in [0.4, 0.5) is 0 Å². The summed E-state index contributed by atoms with van der Waals surface area (Å²) in [4.78, 5) is 15.1. The summed E-state index contributed by atoms with van der Waals surface area (Å²) in [6.07, 6.45) is 3.75. The molecule has 4 nitrogen and oxygen atoms in total. The minimum atomic E-state index is -0.344. The van der Waals surface area contributed by atoms with E-state index in [-0.39, 0.29) is 11.4 Å². The highest BCUT2D eigenvalue weighted by Gasteiger charge is 2.43. The Morgan fingerprint density at radius 1 is 1.24 bits per heavy atom. The first kappa shape index (κ1) is 15.2. The molecular weight excluding hydrogens is 334 g/mol. The number of benzene rings is 1. The van der Waals surface area contributed by atoms with E-state index in [0.29, 0.717) is 11.6 Å². The number of hydrogen-bond donors (Lipinski definition) is 2. The molecule has 5 rings (SSSR count). The normalized spacial score (nSPS) is 22.9. The molecule has 0 saturated heterocycles. The van der Waals surface area contributed by atoms with Crippen LogP contribution in [0, 0.1) is 5.92 Å². The van der Waals surface area contributed by atoms with Crippen LogP contribution in [0.1, 0.15) is 34.9 Å². The molecule has 2 atom stereocenters. The third-order valence-corrected chi connectivity index (χ3v) is 6.55. The third-order valence-electron chi connectivity index (χ3n) is 5.55. The molecule has 1 fully saturated rings. The molecule has 3 aromatic rings. The van der Waals surface area contributed by atoms with Crippen LogP contribution in [0.25, 0.3) is 11.0 Å². The van der Waals surface area contributed by atoms with E-state index < -0.39 is 0 Å². The monoisotopic (exact) mass is 354 g/mol. The molecule has 1 aliphatic carbocycles. The summed E-state index contributed by atoms with van der Waals surface area (Å²) in [5.74, 6) is 0.899. The number of nitrogens with one attached hydrogen (secondary N) is 1. The summed E-state index contributed by atoms with van der Waals surface area (Å²) < 4.78 is 5.28. The molecule has 0 bridgehead atoms. The summed E-state index contributed by atoms with van der Waals surface area (Å²) in [6.45, 7) is 1.93. The molecule has 5 heteroatoms. The summed E-state index contributed by atoms with van der Waals surface area (Å²) in [5.41, 5.74) is 2.67. The number of thiophene rings is 1. The third kappa shape index (κ3) is 2.68. The fraction of sp³-hybridized carbons (Fsp3) is 0.350. The van der Waals surface area contributed by atoms with Crippen LogP contribution < -0.4 is 10.5 Å². The molecule has 3 heterocycles. The van der Waals surface area contributed by atoms with Gasteiger partial charge in [0.2, 0.25) is 0 Å². The van der Waals surface area contributed by atoms with Gasteiger partial charge < -0.3 is 14.4 Å². The Labute approximate surface area is 149 Å². The second-order valence-electron chi connectivity index (χ2n) is 7.22. The van der Waals surface area contributed by atoms with Crippen molar-refractivity contribution in [2.45, 2.75) is 31.8 Å². The summed E-state index contributed by atoms with van der Waals surface area (Å²) >= 11 is 1.88. The summed E-state index contributed by atoms with van der Waals surface area (Å²) in [5, 5.41) is 12.8. The molecule has 1 unspecified atom stereocenters. The Bertz CT molecular complexity index is 1000. The topological polar surface area (TPSA) is 54.9 Å². The Kier molecular flexibility index (Phi) is 3.47. The first-order valence-electron chi connectivity index (χ1n) is 8.85. The maximum absolute atomic E-state index is 12.0. The van der Waals surface area contributed by atoms with Crippen LogP contribution in [0.3, 0.4) is 0 Å². The van der Waals surface area contributed by atoms with Crippen molar-refractivity contribution < 1.29 is 14.4 Å². The van der Waals surface area contributed by atoms with Gasteiger partial charge in [0.05, 0.1) is 6.54 Å². The van der Waals surface area contributed by atoms with Gasteiger partial charge in [-0.25, -0.2) is 4.79 Å². The van der Waals surface area contributed by atoms with Gasteiger partial charge in [-0.2, -0.15) is 0 Å². The molecule has 1 aliphatic heterocycles. The van der Waals surface area contributed by atoms with Crippen LogP contribution >= 0.6 is 11.3 Å². The maximum atomic E-state index is 12.0.